The molecule has 0 radical (unpaired) electrons. The van der Waals surface area contributed by atoms with E-state index >= 15 is 0 Å². The number of imide groups is 1. The van der Waals surface area contributed by atoms with E-state index in [1.807, 2.05) is 0 Å². The zero-order chi connectivity index (χ0) is 14.3. The molecule has 1 aromatic carbocycles. The number of nitrogens with zero attached hydrogens (tertiary/aromatic N) is 1. The second-order valence-corrected chi connectivity index (χ2v) is 4.19. The molecule has 7 nitrogen and oxygen atoms in total. The first-order valence-corrected chi connectivity index (χ1v) is 5.82. The zero-order valence-electron chi connectivity index (χ0n) is 10.5. The van der Waals surface area contributed by atoms with E-state index in [-0.39, 0.29) is 11.3 Å². The maximum Gasteiger partial charge on any atom is 0.357 e. The Morgan fingerprint density at radius 2 is 2.00 bits per heavy atom. The summed E-state index contributed by atoms with van der Waals surface area (Å²) in [5.74, 6) is -1.88. The number of ether oxygens (including phenoxy) is 1. The number of fused-ring (bicyclic) bond motifs is 1. The van der Waals surface area contributed by atoms with Gasteiger partial charge in [-0.1, -0.05) is 18.2 Å². The van der Waals surface area contributed by atoms with Crippen molar-refractivity contribution in [3.8, 4) is 0 Å². The third-order valence-electron chi connectivity index (χ3n) is 3.09. The Bertz CT molecular complexity index is 637. The predicted molar refractivity (Wildman–Crippen MR) is 66.0 cm³/mol. The van der Waals surface area contributed by atoms with Crippen LogP contribution in [0.5, 0.6) is 0 Å². The summed E-state index contributed by atoms with van der Waals surface area (Å²) in [4.78, 5) is 42.1. The monoisotopic (exact) mass is 274 g/mol. The number of methoxy groups -OCH3 is 1. The Labute approximate surface area is 113 Å². The van der Waals surface area contributed by atoms with Crippen molar-refractivity contribution >= 4 is 23.5 Å². The van der Waals surface area contributed by atoms with Crippen molar-refractivity contribution in [3.63, 3.8) is 0 Å². The Kier molecular flexibility index (Phi) is 2.76. The molecule has 20 heavy (non-hydrogen) atoms. The summed E-state index contributed by atoms with van der Waals surface area (Å²) in [6.07, 6.45) is -1.11. The van der Waals surface area contributed by atoms with Crippen molar-refractivity contribution in [2.75, 3.05) is 12.0 Å². The van der Waals surface area contributed by atoms with Gasteiger partial charge in [0, 0.05) is 0 Å². The van der Waals surface area contributed by atoms with Gasteiger partial charge in [0.25, 0.3) is 11.8 Å². The lowest BCUT2D eigenvalue weighted by atomic mass is 10.1. The molecule has 7 heteroatoms. The molecule has 1 N–H and O–H groups in total. The van der Waals surface area contributed by atoms with E-state index in [9.17, 15) is 14.4 Å². The van der Waals surface area contributed by atoms with Crippen LogP contribution in [0, 0.1) is 0 Å². The molecule has 2 aliphatic heterocycles. The maximum atomic E-state index is 12.3. The number of esters is 1. The van der Waals surface area contributed by atoms with Crippen molar-refractivity contribution < 1.29 is 24.0 Å². The van der Waals surface area contributed by atoms with Gasteiger partial charge in [-0.3, -0.25) is 19.9 Å². The quantitative estimate of drug-likeness (QED) is 0.598. The van der Waals surface area contributed by atoms with Gasteiger partial charge in [-0.2, -0.15) is 0 Å². The molecule has 1 fully saturated rings. The molecule has 2 heterocycles. The van der Waals surface area contributed by atoms with Gasteiger partial charge < -0.3 is 4.74 Å². The van der Waals surface area contributed by atoms with Gasteiger partial charge in [0.2, 0.25) is 0 Å². The molecule has 102 valence electrons. The lowest BCUT2D eigenvalue weighted by Crippen LogP contribution is -2.35. The van der Waals surface area contributed by atoms with Crippen LogP contribution >= 0.6 is 0 Å². The second-order valence-electron chi connectivity index (χ2n) is 4.19. The summed E-state index contributed by atoms with van der Waals surface area (Å²) >= 11 is 0. The van der Waals surface area contributed by atoms with Gasteiger partial charge in [-0.25, -0.2) is 9.69 Å². The van der Waals surface area contributed by atoms with E-state index in [1.165, 1.54) is 7.11 Å². The molecule has 1 aromatic rings. The van der Waals surface area contributed by atoms with Crippen LogP contribution in [0.1, 0.15) is 0 Å². The lowest BCUT2D eigenvalue weighted by Gasteiger charge is -2.14. The van der Waals surface area contributed by atoms with Gasteiger partial charge in [0.15, 0.2) is 11.8 Å². The molecular formula is C13H10N2O5. The number of rotatable bonds is 2. The normalized spacial score (nSPS) is 21.1. The van der Waals surface area contributed by atoms with Gasteiger partial charge in [0.05, 0.1) is 18.4 Å². The van der Waals surface area contributed by atoms with Crippen molar-refractivity contribution in [3.05, 3.63) is 41.6 Å². The minimum Gasteiger partial charge on any atom is -0.464 e. The van der Waals surface area contributed by atoms with Gasteiger partial charge in [0.1, 0.15) is 0 Å². The number of carbonyl (C=O) groups is 3. The summed E-state index contributed by atoms with van der Waals surface area (Å²) in [6.45, 7) is 0. The standard InChI is InChI=1S/C13H10N2O5/c1-19-13(18)9-8-10(20-14-9)12(17)15(11(8)16)7-5-3-2-4-6-7/h2-6,10,14H,1H3. The van der Waals surface area contributed by atoms with Crippen LogP contribution in [0.4, 0.5) is 5.69 Å². The molecule has 0 spiro atoms. The minimum absolute atomic E-state index is 0.0225. The number of anilines is 1. The molecular weight excluding hydrogens is 264 g/mol. The average Bonchev–Trinajstić information content (AvgIpc) is 3.01. The van der Waals surface area contributed by atoms with E-state index in [4.69, 9.17) is 4.84 Å². The fourth-order valence-corrected chi connectivity index (χ4v) is 2.17. The van der Waals surface area contributed by atoms with Gasteiger partial charge >= 0.3 is 5.97 Å². The first-order chi connectivity index (χ1) is 9.65. The van der Waals surface area contributed by atoms with E-state index < -0.39 is 23.9 Å². The number of hydrogen-bond acceptors (Lipinski definition) is 6. The van der Waals surface area contributed by atoms with Crippen LogP contribution in [0.2, 0.25) is 0 Å². The van der Waals surface area contributed by atoms with E-state index in [0.717, 1.165) is 4.90 Å². The largest absolute Gasteiger partial charge is 0.464 e. The molecule has 1 unspecified atom stereocenters. The van der Waals surface area contributed by atoms with E-state index in [2.05, 4.69) is 10.2 Å². The molecule has 2 amide bonds. The fourth-order valence-electron chi connectivity index (χ4n) is 2.17. The smallest absolute Gasteiger partial charge is 0.357 e. The number of nitrogens with one attached hydrogen (secondary N) is 1. The van der Waals surface area contributed by atoms with Crippen molar-refractivity contribution in [2.24, 2.45) is 0 Å². The highest BCUT2D eigenvalue weighted by atomic mass is 16.7. The number of hydroxylamine groups is 1. The van der Waals surface area contributed by atoms with E-state index in [1.54, 1.807) is 30.3 Å². The summed E-state index contributed by atoms with van der Waals surface area (Å²) < 4.78 is 4.55. The summed E-state index contributed by atoms with van der Waals surface area (Å²) in [6, 6.07) is 8.44. The highest BCUT2D eigenvalue weighted by Gasteiger charge is 2.51. The Morgan fingerprint density at radius 1 is 1.30 bits per heavy atom. The van der Waals surface area contributed by atoms with Crippen molar-refractivity contribution in [1.82, 2.24) is 5.48 Å². The number of carbonyl (C=O) groups excluding carboxylic acids is 3. The van der Waals surface area contributed by atoms with Crippen LogP contribution in [0.3, 0.4) is 0 Å². The third kappa shape index (κ3) is 1.60. The van der Waals surface area contributed by atoms with E-state index in [0.29, 0.717) is 5.69 Å². The predicted octanol–water partition coefficient (Wildman–Crippen LogP) is -0.110. The molecule has 0 aliphatic carbocycles. The fraction of sp³-hybridized carbons (Fsp3) is 0.154. The van der Waals surface area contributed by atoms with Crippen LogP contribution in [-0.4, -0.2) is 31.0 Å². The third-order valence-corrected chi connectivity index (χ3v) is 3.09. The van der Waals surface area contributed by atoms with Crippen LogP contribution in [-0.2, 0) is 24.0 Å². The Balaban J connectivity index is 2.06. The second kappa shape index (κ2) is 4.46. The molecule has 1 atom stereocenters. The summed E-state index contributed by atoms with van der Waals surface area (Å²) in [5, 5.41) is 0. The first kappa shape index (κ1) is 12.4. The summed E-state index contributed by atoms with van der Waals surface area (Å²) in [7, 11) is 1.18. The topological polar surface area (TPSA) is 84.9 Å². The van der Waals surface area contributed by atoms with Crippen LogP contribution < -0.4 is 10.4 Å². The molecule has 0 aromatic heterocycles. The molecule has 0 saturated carbocycles. The number of benzene rings is 1. The number of para-hydroxylation sites is 1. The number of amides is 2. The molecule has 0 bridgehead atoms. The Hall–Kier alpha value is -2.67. The highest BCUT2D eigenvalue weighted by Crippen LogP contribution is 2.32. The van der Waals surface area contributed by atoms with Crippen molar-refractivity contribution in [1.29, 1.82) is 0 Å². The molecule has 3 rings (SSSR count). The molecule has 1 saturated heterocycles. The average molecular weight is 274 g/mol. The minimum atomic E-state index is -1.11. The van der Waals surface area contributed by atoms with Crippen LogP contribution in [0.25, 0.3) is 0 Å². The van der Waals surface area contributed by atoms with Crippen molar-refractivity contribution in [2.45, 2.75) is 6.10 Å². The zero-order valence-corrected chi connectivity index (χ0v) is 10.5. The lowest BCUT2D eigenvalue weighted by molar-refractivity contribution is -0.139. The van der Waals surface area contributed by atoms with Gasteiger partial charge in [-0.05, 0) is 12.1 Å². The maximum absolute atomic E-state index is 12.3. The van der Waals surface area contributed by atoms with Gasteiger partial charge in [-0.15, -0.1) is 0 Å². The number of hydrogen-bond donors (Lipinski definition) is 1. The Morgan fingerprint density at radius 3 is 2.65 bits per heavy atom. The highest BCUT2D eigenvalue weighted by molar-refractivity contribution is 6.32. The first-order valence-electron chi connectivity index (χ1n) is 5.82. The molecule has 2 aliphatic rings. The SMILES string of the molecule is COC(=O)C1=C2C(=O)N(c3ccccc3)C(=O)C2ON1. The van der Waals surface area contributed by atoms with Crippen LogP contribution in [0.15, 0.2) is 41.6 Å². The summed E-state index contributed by atoms with van der Waals surface area (Å²) in [5.41, 5.74) is 2.55.